The second-order valence-corrected chi connectivity index (χ2v) is 7.02. The van der Waals surface area contributed by atoms with Crippen molar-refractivity contribution in [2.75, 3.05) is 0 Å². The third-order valence-corrected chi connectivity index (χ3v) is 5.58. The van der Waals surface area contributed by atoms with Gasteiger partial charge in [-0.05, 0) is 47.4 Å². The lowest BCUT2D eigenvalue weighted by Crippen LogP contribution is -2.13. The molecular weight excluding hydrogens is 264 g/mol. The first-order chi connectivity index (χ1) is 9.75. The molecule has 2 fully saturated rings. The van der Waals surface area contributed by atoms with Crippen molar-refractivity contribution >= 4 is 17.8 Å². The maximum Gasteiger partial charge on any atom is 0.127 e. The summed E-state index contributed by atoms with van der Waals surface area (Å²) in [7, 11) is 0. The Bertz CT molecular complexity index is 516. The molecule has 1 unspecified atom stereocenters. The molecule has 2 heterocycles. The number of furan rings is 1. The van der Waals surface area contributed by atoms with Crippen LogP contribution >= 0.6 is 11.8 Å². The Morgan fingerprint density at radius 2 is 1.90 bits per heavy atom. The van der Waals surface area contributed by atoms with Crippen molar-refractivity contribution in [2.45, 2.75) is 38.5 Å². The van der Waals surface area contributed by atoms with Gasteiger partial charge in [0.1, 0.15) is 5.76 Å². The van der Waals surface area contributed by atoms with Crippen LogP contribution in [0.4, 0.5) is 0 Å². The molecule has 1 aliphatic heterocycles. The summed E-state index contributed by atoms with van der Waals surface area (Å²) in [6.07, 6.45) is 12.0. The summed E-state index contributed by atoms with van der Waals surface area (Å²) in [5, 5.41) is 0. The van der Waals surface area contributed by atoms with Crippen molar-refractivity contribution in [3.05, 3.63) is 52.7 Å². The first-order valence-corrected chi connectivity index (χ1v) is 8.38. The lowest BCUT2D eigenvalue weighted by atomic mass is 9.81. The van der Waals surface area contributed by atoms with Gasteiger partial charge in [-0.2, -0.15) is 0 Å². The van der Waals surface area contributed by atoms with Gasteiger partial charge < -0.3 is 4.42 Å². The van der Waals surface area contributed by atoms with Crippen molar-refractivity contribution < 1.29 is 4.42 Å². The van der Waals surface area contributed by atoms with Crippen LogP contribution in [0.1, 0.15) is 44.3 Å². The van der Waals surface area contributed by atoms with E-state index in [9.17, 15) is 0 Å². The van der Waals surface area contributed by atoms with Gasteiger partial charge in [0.15, 0.2) is 0 Å². The summed E-state index contributed by atoms with van der Waals surface area (Å²) in [6, 6.07) is 3.91. The van der Waals surface area contributed by atoms with E-state index >= 15 is 0 Å². The van der Waals surface area contributed by atoms with Crippen molar-refractivity contribution in [3.63, 3.8) is 0 Å². The molecule has 1 nitrogen and oxygen atoms in total. The van der Waals surface area contributed by atoms with E-state index in [-0.39, 0.29) is 0 Å². The van der Waals surface area contributed by atoms with Crippen LogP contribution in [0.15, 0.2) is 51.4 Å². The normalized spacial score (nSPS) is 27.2. The fourth-order valence-electron chi connectivity index (χ4n) is 3.43. The average Bonchev–Trinajstić information content (AvgIpc) is 2.92. The van der Waals surface area contributed by atoms with Crippen LogP contribution in [0.2, 0.25) is 0 Å². The summed E-state index contributed by atoms with van der Waals surface area (Å²) in [5.41, 5.74) is 1.25. The number of allylic oxidation sites excluding steroid dienone is 2. The minimum atomic E-state index is 0.472. The number of hydrogen-bond acceptors (Lipinski definition) is 2. The Hall–Kier alpha value is -1.15. The van der Waals surface area contributed by atoms with Gasteiger partial charge in [-0.3, -0.25) is 0 Å². The van der Waals surface area contributed by atoms with Crippen LogP contribution in [-0.4, -0.2) is 0 Å². The largest absolute Gasteiger partial charge is 0.465 e. The SMILES string of the molecule is C=C1S/C(=C\c2ccco2)C(=C)C1C1CCCCCC1. The van der Waals surface area contributed by atoms with E-state index in [1.165, 1.54) is 53.9 Å². The lowest BCUT2D eigenvalue weighted by Gasteiger charge is -2.23. The van der Waals surface area contributed by atoms with Gasteiger partial charge in [0.05, 0.1) is 6.26 Å². The molecule has 1 saturated carbocycles. The molecule has 1 aromatic heterocycles. The fourth-order valence-corrected chi connectivity index (χ4v) is 4.61. The van der Waals surface area contributed by atoms with Crippen molar-refractivity contribution in [1.82, 2.24) is 0 Å². The topological polar surface area (TPSA) is 13.1 Å². The first kappa shape index (κ1) is 13.8. The molecule has 20 heavy (non-hydrogen) atoms. The predicted molar refractivity (Wildman–Crippen MR) is 87.2 cm³/mol. The summed E-state index contributed by atoms with van der Waals surface area (Å²) < 4.78 is 5.42. The minimum absolute atomic E-state index is 0.472. The van der Waals surface area contributed by atoms with E-state index in [4.69, 9.17) is 4.42 Å². The first-order valence-electron chi connectivity index (χ1n) is 7.57. The van der Waals surface area contributed by atoms with Crippen LogP contribution in [0.5, 0.6) is 0 Å². The van der Waals surface area contributed by atoms with Gasteiger partial charge in [0.2, 0.25) is 0 Å². The zero-order valence-corrected chi connectivity index (χ0v) is 12.8. The smallest absolute Gasteiger partial charge is 0.127 e. The van der Waals surface area contributed by atoms with Crippen LogP contribution in [0.3, 0.4) is 0 Å². The van der Waals surface area contributed by atoms with Crippen molar-refractivity contribution in [2.24, 2.45) is 11.8 Å². The van der Waals surface area contributed by atoms with E-state index in [1.54, 1.807) is 18.0 Å². The molecule has 0 N–H and O–H groups in total. The van der Waals surface area contributed by atoms with Crippen molar-refractivity contribution in [3.8, 4) is 0 Å². The van der Waals surface area contributed by atoms with E-state index < -0.39 is 0 Å². The highest BCUT2D eigenvalue weighted by atomic mass is 32.2. The Morgan fingerprint density at radius 1 is 1.15 bits per heavy atom. The molecule has 0 aromatic carbocycles. The molecule has 2 aliphatic rings. The molecule has 3 rings (SSSR count). The highest BCUT2D eigenvalue weighted by Crippen LogP contribution is 2.53. The quantitative estimate of drug-likeness (QED) is 0.616. The Morgan fingerprint density at radius 3 is 2.55 bits per heavy atom. The highest BCUT2D eigenvalue weighted by Gasteiger charge is 2.34. The molecule has 1 aliphatic carbocycles. The van der Waals surface area contributed by atoms with E-state index in [0.29, 0.717) is 5.92 Å². The van der Waals surface area contributed by atoms with E-state index in [0.717, 1.165) is 11.7 Å². The maximum absolute atomic E-state index is 5.42. The van der Waals surface area contributed by atoms with Crippen LogP contribution in [0.25, 0.3) is 6.08 Å². The zero-order chi connectivity index (χ0) is 13.9. The number of thioether (sulfide) groups is 1. The maximum atomic E-state index is 5.42. The predicted octanol–water partition coefficient (Wildman–Crippen LogP) is 6.02. The number of hydrogen-bond donors (Lipinski definition) is 0. The standard InChI is InChI=1S/C18H22OS/c1-13-17(12-16-10-7-11-19-16)20-14(2)18(13)15-8-5-3-4-6-9-15/h7,10-12,15,18H,1-6,8-9H2/b17-12-. The minimum Gasteiger partial charge on any atom is -0.465 e. The summed E-state index contributed by atoms with van der Waals surface area (Å²) in [5.74, 6) is 2.12. The Kier molecular flexibility index (Phi) is 4.21. The molecule has 0 radical (unpaired) electrons. The molecule has 0 bridgehead atoms. The Labute approximate surface area is 125 Å². The van der Waals surface area contributed by atoms with Gasteiger partial charge in [-0.15, -0.1) is 0 Å². The third kappa shape index (κ3) is 2.80. The van der Waals surface area contributed by atoms with Crippen LogP contribution in [-0.2, 0) is 0 Å². The summed E-state index contributed by atoms with van der Waals surface area (Å²) in [6.45, 7) is 8.66. The molecule has 1 aromatic rings. The van der Waals surface area contributed by atoms with Gasteiger partial charge >= 0.3 is 0 Å². The second kappa shape index (κ2) is 6.09. The van der Waals surface area contributed by atoms with Gasteiger partial charge in [0.25, 0.3) is 0 Å². The monoisotopic (exact) mass is 286 g/mol. The van der Waals surface area contributed by atoms with Gasteiger partial charge in [-0.25, -0.2) is 0 Å². The van der Waals surface area contributed by atoms with Crippen LogP contribution < -0.4 is 0 Å². The third-order valence-electron chi connectivity index (χ3n) is 4.47. The average molecular weight is 286 g/mol. The summed E-state index contributed by atoms with van der Waals surface area (Å²) in [4.78, 5) is 2.51. The van der Waals surface area contributed by atoms with Gasteiger partial charge in [0, 0.05) is 10.8 Å². The molecular formula is C18H22OS. The molecule has 106 valence electrons. The molecule has 1 atom stereocenters. The molecule has 0 spiro atoms. The van der Waals surface area contributed by atoms with Crippen molar-refractivity contribution in [1.29, 1.82) is 0 Å². The Balaban J connectivity index is 1.79. The second-order valence-electron chi connectivity index (χ2n) is 5.85. The zero-order valence-electron chi connectivity index (χ0n) is 11.9. The summed E-state index contributed by atoms with van der Waals surface area (Å²) >= 11 is 1.79. The molecule has 1 saturated heterocycles. The molecule has 2 heteroatoms. The fraction of sp³-hybridized carbons (Fsp3) is 0.444. The lowest BCUT2D eigenvalue weighted by molar-refractivity contribution is 0.390. The van der Waals surface area contributed by atoms with Crippen LogP contribution in [0, 0.1) is 11.8 Å². The van der Waals surface area contributed by atoms with E-state index in [2.05, 4.69) is 19.2 Å². The molecule has 0 amide bonds. The van der Waals surface area contributed by atoms with E-state index in [1.807, 2.05) is 12.1 Å². The van der Waals surface area contributed by atoms with Gasteiger partial charge in [-0.1, -0.05) is 50.6 Å². The highest BCUT2D eigenvalue weighted by molar-refractivity contribution is 8.07. The number of rotatable bonds is 2.